The van der Waals surface area contributed by atoms with Gasteiger partial charge in [0.1, 0.15) is 6.54 Å². The van der Waals surface area contributed by atoms with E-state index in [1.165, 1.54) is 16.7 Å². The molecule has 1 heterocycles. The fourth-order valence-corrected chi connectivity index (χ4v) is 1.90. The van der Waals surface area contributed by atoms with Gasteiger partial charge in [-0.05, 0) is 13.8 Å². The first kappa shape index (κ1) is 10.4. The summed E-state index contributed by atoms with van der Waals surface area (Å²) in [6.45, 7) is 3.67. The molecule has 1 amide bonds. The summed E-state index contributed by atoms with van der Waals surface area (Å²) < 4.78 is 4.92. The molecule has 1 saturated heterocycles. The van der Waals surface area contributed by atoms with Crippen LogP contribution in [0.1, 0.15) is 13.8 Å². The predicted octanol–water partition coefficient (Wildman–Crippen LogP) is 0.471. The molecule has 0 saturated carbocycles. The lowest BCUT2D eigenvalue weighted by Gasteiger charge is -2.14. The molecule has 0 radical (unpaired) electrons. The Bertz CT molecular complexity index is 217. The summed E-state index contributed by atoms with van der Waals surface area (Å²) in [5.41, 5.74) is 0. The van der Waals surface area contributed by atoms with Gasteiger partial charge in [0.25, 0.3) is 0 Å². The third-order valence-corrected chi connectivity index (χ3v) is 2.46. The van der Waals surface area contributed by atoms with E-state index in [-0.39, 0.29) is 24.5 Å². The Morgan fingerprint density at radius 1 is 1.69 bits per heavy atom. The number of thioether (sulfide) groups is 1. The highest BCUT2D eigenvalue weighted by molar-refractivity contribution is 8.00. The van der Waals surface area contributed by atoms with Gasteiger partial charge in [-0.25, -0.2) is 0 Å². The van der Waals surface area contributed by atoms with Gasteiger partial charge in [-0.15, -0.1) is 11.8 Å². The molecular weight excluding hydrogens is 190 g/mol. The monoisotopic (exact) mass is 203 g/mol. The Morgan fingerprint density at radius 2 is 2.38 bits per heavy atom. The van der Waals surface area contributed by atoms with Crippen LogP contribution in [0.5, 0.6) is 0 Å². The van der Waals surface area contributed by atoms with Gasteiger partial charge in [0.05, 0.1) is 17.7 Å². The zero-order valence-electron chi connectivity index (χ0n) is 7.78. The molecule has 0 aliphatic carbocycles. The topological polar surface area (TPSA) is 46.6 Å². The average molecular weight is 203 g/mol. The van der Waals surface area contributed by atoms with Gasteiger partial charge < -0.3 is 9.64 Å². The van der Waals surface area contributed by atoms with Crippen molar-refractivity contribution < 1.29 is 14.3 Å². The number of ether oxygens (including phenoxy) is 1. The summed E-state index contributed by atoms with van der Waals surface area (Å²) >= 11 is 1.52. The van der Waals surface area contributed by atoms with Crippen LogP contribution in [0.25, 0.3) is 0 Å². The molecule has 0 bridgehead atoms. The van der Waals surface area contributed by atoms with Crippen LogP contribution >= 0.6 is 11.8 Å². The van der Waals surface area contributed by atoms with E-state index in [4.69, 9.17) is 4.74 Å². The smallest absolute Gasteiger partial charge is 0.325 e. The fraction of sp³-hybridized carbons (Fsp3) is 0.750. The molecule has 0 aromatic carbocycles. The van der Waals surface area contributed by atoms with Gasteiger partial charge in [-0.3, -0.25) is 9.59 Å². The van der Waals surface area contributed by atoms with Crippen molar-refractivity contribution in [1.29, 1.82) is 0 Å². The molecule has 0 unspecified atom stereocenters. The molecule has 74 valence electrons. The molecule has 0 atom stereocenters. The lowest BCUT2D eigenvalue weighted by atomic mass is 10.4. The van der Waals surface area contributed by atoms with Crippen LogP contribution in [-0.4, -0.2) is 41.1 Å². The van der Waals surface area contributed by atoms with Gasteiger partial charge in [0.15, 0.2) is 0 Å². The lowest BCUT2D eigenvalue weighted by molar-refractivity contribution is -0.151. The minimum absolute atomic E-state index is 0.0192. The molecule has 13 heavy (non-hydrogen) atoms. The van der Waals surface area contributed by atoms with Crippen molar-refractivity contribution >= 4 is 23.6 Å². The van der Waals surface area contributed by atoms with Crippen LogP contribution in [0.4, 0.5) is 0 Å². The van der Waals surface area contributed by atoms with Gasteiger partial charge in [0, 0.05) is 0 Å². The molecule has 1 aliphatic rings. The van der Waals surface area contributed by atoms with E-state index in [2.05, 4.69) is 0 Å². The van der Waals surface area contributed by atoms with Gasteiger partial charge in [0.2, 0.25) is 5.91 Å². The van der Waals surface area contributed by atoms with E-state index < -0.39 is 0 Å². The molecule has 1 fully saturated rings. The zero-order chi connectivity index (χ0) is 9.84. The van der Waals surface area contributed by atoms with Crippen LogP contribution in [0.2, 0.25) is 0 Å². The van der Waals surface area contributed by atoms with Crippen LogP contribution in [0.15, 0.2) is 0 Å². The predicted molar refractivity (Wildman–Crippen MR) is 50.3 cm³/mol. The number of amides is 1. The zero-order valence-corrected chi connectivity index (χ0v) is 8.60. The van der Waals surface area contributed by atoms with E-state index in [0.29, 0.717) is 11.6 Å². The summed E-state index contributed by atoms with van der Waals surface area (Å²) in [4.78, 5) is 23.7. The molecule has 0 spiro atoms. The highest BCUT2D eigenvalue weighted by Gasteiger charge is 2.23. The van der Waals surface area contributed by atoms with Crippen LogP contribution in [-0.2, 0) is 14.3 Å². The number of hydrogen-bond donors (Lipinski definition) is 0. The second-order valence-corrected chi connectivity index (χ2v) is 4.06. The Labute approximate surface area is 81.6 Å². The molecule has 0 aromatic rings. The summed E-state index contributed by atoms with van der Waals surface area (Å²) in [7, 11) is 0. The first-order valence-electron chi connectivity index (χ1n) is 4.14. The van der Waals surface area contributed by atoms with Crippen molar-refractivity contribution in [1.82, 2.24) is 4.90 Å². The lowest BCUT2D eigenvalue weighted by Crippen LogP contribution is -2.33. The number of carbonyl (C=O) groups is 2. The maximum atomic E-state index is 11.1. The van der Waals surface area contributed by atoms with Crippen LogP contribution < -0.4 is 0 Å². The summed E-state index contributed by atoms with van der Waals surface area (Å²) in [5.74, 6) is 0.776. The van der Waals surface area contributed by atoms with Crippen LogP contribution in [0, 0.1) is 0 Å². The number of nitrogens with zero attached hydrogens (tertiary/aromatic N) is 1. The minimum Gasteiger partial charge on any atom is -0.462 e. The quantitative estimate of drug-likeness (QED) is 0.626. The standard InChI is InChI=1S/C8H13NO3S/c1-6(2)12-8(11)3-9-5-13-4-7(9)10/h6H,3-5H2,1-2H3. The van der Waals surface area contributed by atoms with Gasteiger partial charge in [-0.2, -0.15) is 0 Å². The number of hydrogen-bond acceptors (Lipinski definition) is 4. The molecule has 5 heteroatoms. The Balaban J connectivity index is 2.31. The van der Waals surface area contributed by atoms with Gasteiger partial charge >= 0.3 is 5.97 Å². The Hall–Kier alpha value is -0.710. The number of rotatable bonds is 3. The molecule has 0 aromatic heterocycles. The Kier molecular flexibility index (Phi) is 3.59. The second kappa shape index (κ2) is 4.50. The van der Waals surface area contributed by atoms with E-state index >= 15 is 0 Å². The fourth-order valence-electron chi connectivity index (χ4n) is 0.996. The van der Waals surface area contributed by atoms with Gasteiger partial charge in [-0.1, -0.05) is 0 Å². The summed E-state index contributed by atoms with van der Waals surface area (Å²) in [6, 6.07) is 0. The molecule has 0 N–H and O–H groups in total. The summed E-state index contributed by atoms with van der Waals surface area (Å²) in [5, 5.41) is 0. The Morgan fingerprint density at radius 3 is 2.85 bits per heavy atom. The van der Waals surface area contributed by atoms with Crippen molar-refractivity contribution in [3.8, 4) is 0 Å². The third-order valence-electron chi connectivity index (χ3n) is 1.51. The molecule has 1 aliphatic heterocycles. The maximum absolute atomic E-state index is 11.1. The molecular formula is C8H13NO3S. The number of esters is 1. The first-order valence-corrected chi connectivity index (χ1v) is 5.30. The van der Waals surface area contributed by atoms with Crippen molar-refractivity contribution in [3.63, 3.8) is 0 Å². The first-order chi connectivity index (χ1) is 6.09. The van der Waals surface area contributed by atoms with Crippen LogP contribution in [0.3, 0.4) is 0 Å². The van der Waals surface area contributed by atoms with E-state index in [0.717, 1.165) is 0 Å². The van der Waals surface area contributed by atoms with E-state index in [9.17, 15) is 9.59 Å². The highest BCUT2D eigenvalue weighted by atomic mass is 32.2. The van der Waals surface area contributed by atoms with Crippen molar-refractivity contribution in [2.75, 3.05) is 18.2 Å². The molecule has 1 rings (SSSR count). The molecule has 4 nitrogen and oxygen atoms in total. The maximum Gasteiger partial charge on any atom is 0.325 e. The normalized spacial score (nSPS) is 16.8. The SMILES string of the molecule is CC(C)OC(=O)CN1CSCC1=O. The summed E-state index contributed by atoms with van der Waals surface area (Å²) in [6.07, 6.45) is -0.113. The highest BCUT2D eigenvalue weighted by Crippen LogP contribution is 2.14. The van der Waals surface area contributed by atoms with E-state index in [1.54, 1.807) is 13.8 Å². The largest absolute Gasteiger partial charge is 0.462 e. The van der Waals surface area contributed by atoms with Crippen molar-refractivity contribution in [2.24, 2.45) is 0 Å². The second-order valence-electron chi connectivity index (χ2n) is 3.11. The van der Waals surface area contributed by atoms with E-state index in [1.807, 2.05) is 0 Å². The minimum atomic E-state index is -0.328. The number of carbonyl (C=O) groups excluding carboxylic acids is 2. The third kappa shape index (κ3) is 3.26. The average Bonchev–Trinajstić information content (AvgIpc) is 2.34. The van der Waals surface area contributed by atoms with Crippen molar-refractivity contribution in [3.05, 3.63) is 0 Å². The van der Waals surface area contributed by atoms with Crippen molar-refractivity contribution in [2.45, 2.75) is 20.0 Å².